The number of aryl methyl sites for hydroxylation is 1. The molecule has 0 bridgehead atoms. The predicted octanol–water partition coefficient (Wildman–Crippen LogP) is 4.53. The minimum atomic E-state index is -3.62. The second-order valence-electron chi connectivity index (χ2n) is 7.11. The lowest BCUT2D eigenvalue weighted by Gasteiger charge is -2.18. The Labute approximate surface area is 190 Å². The molecule has 1 fully saturated rings. The van der Waals surface area contributed by atoms with Gasteiger partial charge in [-0.05, 0) is 90.9 Å². The fourth-order valence-electron chi connectivity index (χ4n) is 3.32. The minimum absolute atomic E-state index is 0.232. The van der Waals surface area contributed by atoms with E-state index in [0.29, 0.717) is 11.5 Å². The van der Waals surface area contributed by atoms with Gasteiger partial charge in [-0.1, -0.05) is 0 Å². The van der Waals surface area contributed by atoms with Crippen molar-refractivity contribution < 1.29 is 8.42 Å². The first-order valence-corrected chi connectivity index (χ1v) is 12.2. The van der Waals surface area contributed by atoms with E-state index in [1.165, 1.54) is 12.8 Å². The predicted molar refractivity (Wildman–Crippen MR) is 128 cm³/mol. The molecule has 4 rings (SSSR count). The molecule has 0 atom stereocenters. The highest BCUT2D eigenvalue weighted by Crippen LogP contribution is 2.24. The van der Waals surface area contributed by atoms with E-state index in [1.54, 1.807) is 36.4 Å². The summed E-state index contributed by atoms with van der Waals surface area (Å²) >= 11 is 2.14. The van der Waals surface area contributed by atoms with Crippen molar-refractivity contribution in [3.05, 3.63) is 64.0 Å². The quantitative estimate of drug-likeness (QED) is 0.451. The summed E-state index contributed by atoms with van der Waals surface area (Å²) in [5.41, 5.74) is 1.31. The first kappa shape index (κ1) is 20.9. The SMILES string of the molecule is Cc1nc(Nc2ccc(NS(=O)(=O)c3ccc(I)cc3)cc2)cc(N2CCCC2)n1. The maximum absolute atomic E-state index is 12.5. The molecule has 1 aliphatic rings. The Morgan fingerprint density at radius 1 is 0.933 bits per heavy atom. The van der Waals surface area contributed by atoms with Crippen LogP contribution in [0, 0.1) is 10.5 Å². The highest BCUT2D eigenvalue weighted by atomic mass is 127. The lowest BCUT2D eigenvalue weighted by molar-refractivity contribution is 0.601. The molecule has 30 heavy (non-hydrogen) atoms. The molecular formula is C21H22IN5O2S. The monoisotopic (exact) mass is 535 g/mol. The van der Waals surface area contributed by atoms with Gasteiger partial charge < -0.3 is 10.2 Å². The van der Waals surface area contributed by atoms with E-state index in [9.17, 15) is 8.42 Å². The normalized spacial score (nSPS) is 14.0. The molecule has 0 amide bonds. The number of sulfonamides is 1. The van der Waals surface area contributed by atoms with E-state index in [4.69, 9.17) is 0 Å². The lowest BCUT2D eigenvalue weighted by Crippen LogP contribution is -2.19. The third-order valence-corrected chi connectivity index (χ3v) is 6.90. The number of nitrogens with one attached hydrogen (secondary N) is 2. The lowest BCUT2D eigenvalue weighted by atomic mass is 10.3. The summed E-state index contributed by atoms with van der Waals surface area (Å²) in [6.45, 7) is 3.92. The maximum atomic E-state index is 12.5. The summed E-state index contributed by atoms with van der Waals surface area (Å²) in [5, 5.41) is 3.28. The Bertz CT molecular complexity index is 1130. The largest absolute Gasteiger partial charge is 0.356 e. The van der Waals surface area contributed by atoms with E-state index in [1.807, 2.05) is 25.1 Å². The zero-order chi connectivity index (χ0) is 21.1. The first-order valence-electron chi connectivity index (χ1n) is 9.65. The number of hydrogen-bond acceptors (Lipinski definition) is 6. The third-order valence-electron chi connectivity index (χ3n) is 4.79. The molecule has 0 saturated carbocycles. The topological polar surface area (TPSA) is 87.2 Å². The number of anilines is 4. The number of halogens is 1. The minimum Gasteiger partial charge on any atom is -0.356 e. The van der Waals surface area contributed by atoms with Crippen LogP contribution < -0.4 is 14.9 Å². The summed E-state index contributed by atoms with van der Waals surface area (Å²) < 4.78 is 28.7. The van der Waals surface area contributed by atoms with Gasteiger partial charge in [-0.2, -0.15) is 0 Å². The number of hydrogen-bond donors (Lipinski definition) is 2. The fourth-order valence-corrected chi connectivity index (χ4v) is 4.74. The van der Waals surface area contributed by atoms with Crippen molar-refractivity contribution in [2.24, 2.45) is 0 Å². The first-order chi connectivity index (χ1) is 14.4. The van der Waals surface area contributed by atoms with Crippen LogP contribution in [0.3, 0.4) is 0 Å². The molecule has 2 heterocycles. The van der Waals surface area contributed by atoms with E-state index < -0.39 is 10.0 Å². The third kappa shape index (κ3) is 5.01. The van der Waals surface area contributed by atoms with Gasteiger partial charge in [0.2, 0.25) is 0 Å². The number of benzene rings is 2. The van der Waals surface area contributed by atoms with Crippen molar-refractivity contribution in [1.82, 2.24) is 9.97 Å². The molecule has 3 aromatic rings. The highest BCUT2D eigenvalue weighted by Gasteiger charge is 2.16. The highest BCUT2D eigenvalue weighted by molar-refractivity contribution is 14.1. The van der Waals surface area contributed by atoms with Crippen LogP contribution >= 0.6 is 22.6 Å². The summed E-state index contributed by atoms with van der Waals surface area (Å²) in [4.78, 5) is 11.5. The average Bonchev–Trinajstić information content (AvgIpc) is 3.24. The summed E-state index contributed by atoms with van der Waals surface area (Å²) in [6, 6.07) is 15.8. The van der Waals surface area contributed by atoms with Gasteiger partial charge >= 0.3 is 0 Å². The Hall–Kier alpha value is -2.40. The zero-order valence-electron chi connectivity index (χ0n) is 16.5. The van der Waals surface area contributed by atoms with E-state index >= 15 is 0 Å². The Kier molecular flexibility index (Phi) is 6.09. The molecule has 0 radical (unpaired) electrons. The Morgan fingerprint density at radius 2 is 1.57 bits per heavy atom. The van der Waals surface area contributed by atoms with Gasteiger partial charge in [-0.25, -0.2) is 18.4 Å². The van der Waals surface area contributed by atoms with Crippen LogP contribution in [-0.4, -0.2) is 31.5 Å². The molecule has 1 aromatic heterocycles. The molecular weight excluding hydrogens is 513 g/mol. The molecule has 156 valence electrons. The van der Waals surface area contributed by atoms with Gasteiger partial charge in [-0.3, -0.25) is 4.72 Å². The molecule has 9 heteroatoms. The molecule has 0 spiro atoms. The summed E-state index contributed by atoms with van der Waals surface area (Å²) in [5.74, 6) is 2.37. The van der Waals surface area contributed by atoms with Gasteiger partial charge in [0.05, 0.1) is 4.90 Å². The van der Waals surface area contributed by atoms with E-state index in [-0.39, 0.29) is 4.90 Å². The fraction of sp³-hybridized carbons (Fsp3) is 0.238. The second kappa shape index (κ2) is 8.76. The van der Waals surface area contributed by atoms with Crippen molar-refractivity contribution in [2.75, 3.05) is 28.0 Å². The van der Waals surface area contributed by atoms with Crippen LogP contribution in [0.25, 0.3) is 0 Å². The average molecular weight is 535 g/mol. The molecule has 1 saturated heterocycles. The molecule has 0 unspecified atom stereocenters. The van der Waals surface area contributed by atoms with Crippen molar-refractivity contribution in [3.8, 4) is 0 Å². The van der Waals surface area contributed by atoms with Crippen LogP contribution in [-0.2, 0) is 10.0 Å². The number of aromatic nitrogens is 2. The van der Waals surface area contributed by atoms with Gasteiger partial charge in [-0.15, -0.1) is 0 Å². The van der Waals surface area contributed by atoms with Crippen LogP contribution in [0.15, 0.2) is 59.5 Å². The van der Waals surface area contributed by atoms with E-state index in [0.717, 1.165) is 34.0 Å². The molecule has 2 N–H and O–H groups in total. The van der Waals surface area contributed by atoms with Crippen LogP contribution in [0.4, 0.5) is 23.0 Å². The smallest absolute Gasteiger partial charge is 0.261 e. The van der Waals surface area contributed by atoms with Gasteiger partial charge in [0, 0.05) is 34.1 Å². The van der Waals surface area contributed by atoms with Gasteiger partial charge in [0.15, 0.2) is 0 Å². The Morgan fingerprint density at radius 3 is 2.23 bits per heavy atom. The van der Waals surface area contributed by atoms with Gasteiger partial charge in [0.25, 0.3) is 10.0 Å². The standard InChI is InChI=1S/C21H22IN5O2S/c1-15-23-20(14-21(24-15)27-12-2-3-13-27)25-17-6-8-18(9-7-17)26-30(28,29)19-10-4-16(22)5-11-19/h4-11,14,26H,2-3,12-13H2,1H3,(H,23,24,25). The maximum Gasteiger partial charge on any atom is 0.261 e. The van der Waals surface area contributed by atoms with Crippen LogP contribution in [0.2, 0.25) is 0 Å². The van der Waals surface area contributed by atoms with E-state index in [2.05, 4.69) is 47.5 Å². The zero-order valence-corrected chi connectivity index (χ0v) is 19.4. The van der Waals surface area contributed by atoms with Gasteiger partial charge in [0.1, 0.15) is 17.5 Å². The van der Waals surface area contributed by atoms with Crippen LogP contribution in [0.5, 0.6) is 0 Å². The summed E-state index contributed by atoms with van der Waals surface area (Å²) in [6.07, 6.45) is 2.37. The van der Waals surface area contributed by atoms with Crippen molar-refractivity contribution in [1.29, 1.82) is 0 Å². The number of nitrogens with zero attached hydrogens (tertiary/aromatic N) is 3. The van der Waals surface area contributed by atoms with Crippen LogP contribution in [0.1, 0.15) is 18.7 Å². The van der Waals surface area contributed by atoms with Crippen molar-refractivity contribution in [2.45, 2.75) is 24.7 Å². The summed E-state index contributed by atoms with van der Waals surface area (Å²) in [7, 11) is -3.62. The molecule has 1 aliphatic heterocycles. The van der Waals surface area contributed by atoms with Crippen molar-refractivity contribution in [3.63, 3.8) is 0 Å². The number of rotatable bonds is 6. The Balaban J connectivity index is 1.47. The molecule has 7 nitrogen and oxygen atoms in total. The molecule has 0 aliphatic carbocycles. The second-order valence-corrected chi connectivity index (χ2v) is 10.0. The molecule has 2 aromatic carbocycles. The van der Waals surface area contributed by atoms with Crippen molar-refractivity contribution >= 4 is 55.6 Å².